The number of nitrogens with zero attached hydrogens (tertiary/aromatic N) is 1. The van der Waals surface area contributed by atoms with Gasteiger partial charge < -0.3 is 4.90 Å². The van der Waals surface area contributed by atoms with E-state index in [0.717, 1.165) is 12.1 Å². The van der Waals surface area contributed by atoms with Crippen LogP contribution in [0.2, 0.25) is 0 Å². The fourth-order valence-electron chi connectivity index (χ4n) is 1.53. The summed E-state index contributed by atoms with van der Waals surface area (Å²) >= 11 is 0. The maximum absolute atomic E-state index is 12.8. The lowest BCUT2D eigenvalue weighted by molar-refractivity contribution is -0.116. The van der Waals surface area contributed by atoms with E-state index in [2.05, 4.69) is 0 Å². The van der Waals surface area contributed by atoms with Gasteiger partial charge in [-0.15, -0.1) is 0 Å². The molecule has 0 radical (unpaired) electrons. The van der Waals surface area contributed by atoms with Crippen molar-refractivity contribution >= 4 is 11.5 Å². The maximum atomic E-state index is 12.8. The molecule has 1 aromatic carbocycles. The summed E-state index contributed by atoms with van der Waals surface area (Å²) in [6.07, 6.45) is 0.485. The van der Waals surface area contributed by atoms with Crippen molar-refractivity contribution in [1.29, 1.82) is 0 Å². The number of benzene rings is 1. The average molecular weight is 197 g/mol. The molecule has 0 saturated carbocycles. The largest absolute Gasteiger partial charge is 0.364 e. The highest BCUT2D eigenvalue weighted by Gasteiger charge is 2.20. The number of anilines is 1. The van der Waals surface area contributed by atoms with Crippen LogP contribution in [0.4, 0.5) is 14.5 Å². The van der Waals surface area contributed by atoms with Gasteiger partial charge >= 0.3 is 0 Å². The first-order chi connectivity index (χ1) is 6.66. The van der Waals surface area contributed by atoms with Crippen molar-refractivity contribution in [1.82, 2.24) is 0 Å². The van der Waals surface area contributed by atoms with E-state index >= 15 is 0 Å². The normalized spacial score (nSPS) is 16.4. The molecule has 1 aliphatic heterocycles. The summed E-state index contributed by atoms with van der Waals surface area (Å²) in [5.41, 5.74) is 0.565. The van der Waals surface area contributed by atoms with E-state index in [1.54, 1.807) is 4.90 Å². The second kappa shape index (κ2) is 3.36. The molecular weight excluding hydrogens is 188 g/mol. The molecule has 2 rings (SSSR count). The molecule has 14 heavy (non-hydrogen) atoms. The molecule has 2 nitrogen and oxygen atoms in total. The van der Waals surface area contributed by atoms with Crippen LogP contribution < -0.4 is 4.90 Å². The van der Waals surface area contributed by atoms with Crippen LogP contribution in [-0.2, 0) is 4.79 Å². The fraction of sp³-hybridized carbons (Fsp3) is 0.300. The topological polar surface area (TPSA) is 20.3 Å². The molecule has 0 aromatic heterocycles. The Morgan fingerprint density at radius 3 is 2.57 bits per heavy atom. The predicted molar refractivity (Wildman–Crippen MR) is 48.2 cm³/mol. The van der Waals surface area contributed by atoms with E-state index in [9.17, 15) is 13.6 Å². The second-order valence-corrected chi connectivity index (χ2v) is 3.31. The second-order valence-electron chi connectivity index (χ2n) is 3.31. The third-order valence-electron chi connectivity index (χ3n) is 2.30. The number of Topliss-reactive ketones (excluding diaryl/α,β-unsaturated/α-hetero) is 1. The van der Waals surface area contributed by atoms with Gasteiger partial charge in [-0.1, -0.05) is 0 Å². The third kappa shape index (κ3) is 1.60. The molecule has 1 aliphatic rings. The lowest BCUT2D eigenvalue weighted by Crippen LogP contribution is -2.19. The van der Waals surface area contributed by atoms with Gasteiger partial charge in [0, 0.05) is 24.7 Å². The smallest absolute Gasteiger partial charge is 0.160 e. The van der Waals surface area contributed by atoms with Crippen LogP contribution in [0.25, 0.3) is 0 Å². The Labute approximate surface area is 80.1 Å². The highest BCUT2D eigenvalue weighted by molar-refractivity contribution is 5.87. The van der Waals surface area contributed by atoms with Crippen molar-refractivity contribution < 1.29 is 13.6 Å². The van der Waals surface area contributed by atoms with Gasteiger partial charge in [-0.2, -0.15) is 0 Å². The zero-order valence-corrected chi connectivity index (χ0v) is 7.46. The van der Waals surface area contributed by atoms with Crippen molar-refractivity contribution in [2.24, 2.45) is 0 Å². The van der Waals surface area contributed by atoms with Gasteiger partial charge in [0.1, 0.15) is 0 Å². The summed E-state index contributed by atoms with van der Waals surface area (Å²) in [4.78, 5) is 12.7. The van der Waals surface area contributed by atoms with Gasteiger partial charge in [-0.05, 0) is 12.1 Å². The summed E-state index contributed by atoms with van der Waals surface area (Å²) in [6.45, 7) is 0.884. The molecule has 0 unspecified atom stereocenters. The molecular formula is C10H9F2NO. The average Bonchev–Trinajstić information content (AvgIpc) is 2.57. The van der Waals surface area contributed by atoms with Gasteiger partial charge in [0.25, 0.3) is 0 Å². The Morgan fingerprint density at radius 2 is 2.00 bits per heavy atom. The molecule has 0 spiro atoms. The summed E-state index contributed by atoms with van der Waals surface area (Å²) in [6, 6.07) is 3.68. The lowest BCUT2D eigenvalue weighted by Gasteiger charge is -2.16. The van der Waals surface area contributed by atoms with Crippen molar-refractivity contribution in [3.63, 3.8) is 0 Å². The Hall–Kier alpha value is -1.45. The SMILES string of the molecule is O=C1CCN(c2ccc(F)c(F)c2)C1. The van der Waals surface area contributed by atoms with Crippen LogP contribution in [0, 0.1) is 11.6 Å². The molecule has 1 saturated heterocycles. The minimum atomic E-state index is -0.873. The Morgan fingerprint density at radius 1 is 1.21 bits per heavy atom. The lowest BCUT2D eigenvalue weighted by atomic mass is 10.3. The van der Waals surface area contributed by atoms with E-state index in [1.165, 1.54) is 6.07 Å². The highest BCUT2D eigenvalue weighted by Crippen LogP contribution is 2.20. The zero-order chi connectivity index (χ0) is 10.1. The van der Waals surface area contributed by atoms with E-state index in [1.807, 2.05) is 0 Å². The van der Waals surface area contributed by atoms with Crippen LogP contribution >= 0.6 is 0 Å². The first kappa shape index (κ1) is 9.12. The molecule has 0 aliphatic carbocycles. The Balaban J connectivity index is 2.24. The van der Waals surface area contributed by atoms with Crippen LogP contribution in [0.5, 0.6) is 0 Å². The van der Waals surface area contributed by atoms with Gasteiger partial charge in [-0.25, -0.2) is 8.78 Å². The molecule has 0 atom stereocenters. The van der Waals surface area contributed by atoms with Gasteiger partial charge in [0.05, 0.1) is 6.54 Å². The molecule has 4 heteroatoms. The van der Waals surface area contributed by atoms with E-state index in [0.29, 0.717) is 25.2 Å². The standard InChI is InChI=1S/C10H9F2NO/c11-9-2-1-7(5-10(9)12)13-4-3-8(14)6-13/h1-2,5H,3-4,6H2. The maximum Gasteiger partial charge on any atom is 0.160 e. The van der Waals surface area contributed by atoms with Gasteiger partial charge in [0.2, 0.25) is 0 Å². The van der Waals surface area contributed by atoms with E-state index < -0.39 is 11.6 Å². The number of hydrogen-bond donors (Lipinski definition) is 0. The zero-order valence-electron chi connectivity index (χ0n) is 7.46. The van der Waals surface area contributed by atoms with Gasteiger partial charge in [0.15, 0.2) is 17.4 Å². The summed E-state index contributed by atoms with van der Waals surface area (Å²) in [5, 5.41) is 0. The molecule has 0 bridgehead atoms. The molecule has 74 valence electrons. The monoisotopic (exact) mass is 197 g/mol. The molecule has 0 N–H and O–H groups in total. The summed E-state index contributed by atoms with van der Waals surface area (Å²) in [5.74, 6) is -1.60. The third-order valence-corrected chi connectivity index (χ3v) is 2.30. The van der Waals surface area contributed by atoms with Crippen molar-refractivity contribution in [3.05, 3.63) is 29.8 Å². The van der Waals surface area contributed by atoms with Crippen molar-refractivity contribution in [2.75, 3.05) is 18.0 Å². The number of halogens is 2. The number of hydrogen-bond acceptors (Lipinski definition) is 2. The minimum Gasteiger partial charge on any atom is -0.364 e. The number of rotatable bonds is 1. The van der Waals surface area contributed by atoms with Crippen molar-refractivity contribution in [3.8, 4) is 0 Å². The first-order valence-corrected chi connectivity index (χ1v) is 4.38. The molecule has 1 aromatic rings. The van der Waals surface area contributed by atoms with Crippen LogP contribution in [0.3, 0.4) is 0 Å². The molecule has 0 amide bonds. The number of ketones is 1. The Bertz CT molecular complexity index is 378. The van der Waals surface area contributed by atoms with Crippen LogP contribution in [0.15, 0.2) is 18.2 Å². The van der Waals surface area contributed by atoms with E-state index in [-0.39, 0.29) is 5.78 Å². The molecule has 1 fully saturated rings. The number of carbonyl (C=O) groups excluding carboxylic acids is 1. The van der Waals surface area contributed by atoms with Gasteiger partial charge in [-0.3, -0.25) is 4.79 Å². The minimum absolute atomic E-state index is 0.134. The first-order valence-electron chi connectivity index (χ1n) is 4.38. The summed E-state index contributed by atoms with van der Waals surface area (Å²) in [7, 11) is 0. The van der Waals surface area contributed by atoms with Crippen LogP contribution in [0.1, 0.15) is 6.42 Å². The highest BCUT2D eigenvalue weighted by atomic mass is 19.2. The molecule has 1 heterocycles. The van der Waals surface area contributed by atoms with Crippen LogP contribution in [-0.4, -0.2) is 18.9 Å². The quantitative estimate of drug-likeness (QED) is 0.683. The van der Waals surface area contributed by atoms with Crippen molar-refractivity contribution in [2.45, 2.75) is 6.42 Å². The summed E-state index contributed by atoms with van der Waals surface area (Å²) < 4.78 is 25.4. The Kier molecular flexibility index (Phi) is 2.19. The fourth-order valence-corrected chi connectivity index (χ4v) is 1.53. The predicted octanol–water partition coefficient (Wildman–Crippen LogP) is 1.74. The number of carbonyl (C=O) groups is 1. The van der Waals surface area contributed by atoms with E-state index in [4.69, 9.17) is 0 Å².